The van der Waals surface area contributed by atoms with Gasteiger partial charge in [-0.1, -0.05) is 103 Å². The van der Waals surface area contributed by atoms with Crippen LogP contribution in [0.1, 0.15) is 128 Å². The molecule has 0 saturated heterocycles. The maximum Gasteiger partial charge on any atom is 0.0859 e. The topological polar surface area (TPSA) is 30.7 Å². The van der Waals surface area contributed by atoms with E-state index in [0.29, 0.717) is 0 Å². The second-order valence-electron chi connectivity index (χ2n) is 10.4. The van der Waals surface area contributed by atoms with E-state index in [2.05, 4.69) is 35.8 Å². The van der Waals surface area contributed by atoms with Crippen LogP contribution in [0.3, 0.4) is 0 Å². The molecule has 1 saturated carbocycles. The highest BCUT2D eigenvalue weighted by molar-refractivity contribution is 5.15. The molecule has 1 fully saturated rings. The van der Waals surface area contributed by atoms with Gasteiger partial charge < -0.3 is 0 Å². The standard InChI is InChI=1S/C27H49N3/c1-4-7-10-12-14-21-30-26-20-18-24-23(17-19-25(26)28-29-30)27(24)22(15-9-6-3)16-13-11-8-5-2/h22-24,27H,4-21H2,1-3H3. The average molecular weight is 416 g/mol. The Labute approximate surface area is 186 Å². The van der Waals surface area contributed by atoms with E-state index in [1.165, 1.54) is 121 Å². The van der Waals surface area contributed by atoms with E-state index in [0.717, 1.165) is 30.2 Å². The van der Waals surface area contributed by atoms with Crippen molar-refractivity contribution in [2.24, 2.45) is 23.7 Å². The first-order valence-electron chi connectivity index (χ1n) is 13.7. The van der Waals surface area contributed by atoms with Gasteiger partial charge in [0.15, 0.2) is 0 Å². The predicted octanol–water partition coefficient (Wildman–Crippen LogP) is 7.77. The molecule has 0 bridgehead atoms. The average Bonchev–Trinajstić information content (AvgIpc) is 3.28. The summed E-state index contributed by atoms with van der Waals surface area (Å²) in [5.41, 5.74) is 2.82. The Morgan fingerprint density at radius 2 is 1.40 bits per heavy atom. The fourth-order valence-electron chi connectivity index (χ4n) is 6.30. The molecule has 172 valence electrons. The lowest BCUT2D eigenvalue weighted by Gasteiger charge is -2.17. The fourth-order valence-corrected chi connectivity index (χ4v) is 6.30. The predicted molar refractivity (Wildman–Crippen MR) is 128 cm³/mol. The monoisotopic (exact) mass is 415 g/mol. The smallest absolute Gasteiger partial charge is 0.0859 e. The van der Waals surface area contributed by atoms with E-state index in [1.54, 1.807) is 0 Å². The van der Waals surface area contributed by atoms with Gasteiger partial charge >= 0.3 is 0 Å². The highest BCUT2D eigenvalue weighted by Crippen LogP contribution is 2.58. The first-order chi connectivity index (χ1) is 14.8. The summed E-state index contributed by atoms with van der Waals surface area (Å²) >= 11 is 0. The van der Waals surface area contributed by atoms with Crippen LogP contribution in [-0.4, -0.2) is 15.0 Å². The molecule has 0 radical (unpaired) electrons. The molecule has 30 heavy (non-hydrogen) atoms. The molecule has 4 unspecified atom stereocenters. The maximum absolute atomic E-state index is 4.63. The van der Waals surface area contributed by atoms with Crippen molar-refractivity contribution in [2.75, 3.05) is 0 Å². The summed E-state index contributed by atoms with van der Waals surface area (Å²) in [6.07, 6.45) is 23.3. The molecular formula is C27H49N3. The number of aromatic nitrogens is 3. The van der Waals surface area contributed by atoms with E-state index < -0.39 is 0 Å². The maximum atomic E-state index is 4.63. The molecule has 2 aliphatic rings. The Balaban J connectivity index is 1.52. The Kier molecular flexibility index (Phi) is 10.2. The van der Waals surface area contributed by atoms with E-state index in [9.17, 15) is 0 Å². The molecule has 0 aliphatic heterocycles. The van der Waals surface area contributed by atoms with Gasteiger partial charge in [-0.05, 0) is 55.8 Å². The molecule has 2 aliphatic carbocycles. The molecule has 0 amide bonds. The lowest BCUT2D eigenvalue weighted by Crippen LogP contribution is -2.09. The molecular weight excluding hydrogens is 366 g/mol. The number of hydrogen-bond donors (Lipinski definition) is 0. The van der Waals surface area contributed by atoms with Crippen molar-refractivity contribution in [1.82, 2.24) is 15.0 Å². The molecule has 3 heteroatoms. The van der Waals surface area contributed by atoms with E-state index in [1.807, 2.05) is 0 Å². The summed E-state index contributed by atoms with van der Waals surface area (Å²) in [5.74, 6) is 4.02. The van der Waals surface area contributed by atoms with Crippen molar-refractivity contribution in [3.63, 3.8) is 0 Å². The zero-order valence-electron chi connectivity index (χ0n) is 20.4. The lowest BCUT2D eigenvalue weighted by molar-refractivity contribution is 0.339. The first-order valence-corrected chi connectivity index (χ1v) is 13.7. The van der Waals surface area contributed by atoms with Crippen molar-refractivity contribution in [3.8, 4) is 0 Å². The second kappa shape index (κ2) is 12.9. The molecule has 1 aromatic heterocycles. The van der Waals surface area contributed by atoms with Crippen molar-refractivity contribution in [1.29, 1.82) is 0 Å². The number of unbranched alkanes of at least 4 members (excludes halogenated alkanes) is 8. The van der Waals surface area contributed by atoms with Crippen molar-refractivity contribution < 1.29 is 0 Å². The van der Waals surface area contributed by atoms with Crippen LogP contribution in [0.25, 0.3) is 0 Å². The third-order valence-corrected chi connectivity index (χ3v) is 8.12. The highest BCUT2D eigenvalue weighted by Gasteiger charge is 2.52. The van der Waals surface area contributed by atoms with Crippen LogP contribution in [0.4, 0.5) is 0 Å². The lowest BCUT2D eigenvalue weighted by atomic mass is 9.88. The minimum Gasteiger partial charge on any atom is -0.249 e. The second-order valence-corrected chi connectivity index (χ2v) is 10.4. The van der Waals surface area contributed by atoms with Gasteiger partial charge in [0, 0.05) is 6.54 Å². The normalized spacial score (nSPS) is 24.0. The Hall–Kier alpha value is -0.860. The van der Waals surface area contributed by atoms with E-state index in [4.69, 9.17) is 0 Å². The molecule has 0 aromatic carbocycles. The van der Waals surface area contributed by atoms with Crippen LogP contribution in [0, 0.1) is 23.7 Å². The van der Waals surface area contributed by atoms with Gasteiger partial charge in [0.1, 0.15) is 0 Å². The zero-order valence-corrected chi connectivity index (χ0v) is 20.4. The third kappa shape index (κ3) is 6.57. The van der Waals surface area contributed by atoms with Gasteiger partial charge in [0.25, 0.3) is 0 Å². The van der Waals surface area contributed by atoms with Crippen LogP contribution >= 0.6 is 0 Å². The molecule has 4 atom stereocenters. The van der Waals surface area contributed by atoms with Crippen LogP contribution < -0.4 is 0 Å². The Bertz CT molecular complexity index is 593. The summed E-state index contributed by atoms with van der Waals surface area (Å²) < 4.78 is 2.28. The summed E-state index contributed by atoms with van der Waals surface area (Å²) in [6.45, 7) is 8.06. The van der Waals surface area contributed by atoms with Crippen LogP contribution in [0.15, 0.2) is 0 Å². The quantitative estimate of drug-likeness (QED) is 0.274. The molecule has 1 heterocycles. The van der Waals surface area contributed by atoms with Gasteiger partial charge in [0.05, 0.1) is 11.4 Å². The zero-order chi connectivity index (χ0) is 21.2. The number of hydrogen-bond acceptors (Lipinski definition) is 2. The summed E-state index contributed by atoms with van der Waals surface area (Å²) in [7, 11) is 0. The Morgan fingerprint density at radius 3 is 2.13 bits per heavy atom. The summed E-state index contributed by atoms with van der Waals surface area (Å²) in [6, 6.07) is 0. The van der Waals surface area contributed by atoms with Crippen LogP contribution in [0.2, 0.25) is 0 Å². The fraction of sp³-hybridized carbons (Fsp3) is 0.926. The SMILES string of the molecule is CCCCCCCn1nnc2c1CCC1C(CC2)C1C(CCCC)CCCCCC. The molecule has 1 aromatic rings. The Morgan fingerprint density at radius 1 is 0.767 bits per heavy atom. The number of aryl methyl sites for hydroxylation is 2. The van der Waals surface area contributed by atoms with Gasteiger partial charge in [-0.2, -0.15) is 0 Å². The van der Waals surface area contributed by atoms with E-state index in [-0.39, 0.29) is 0 Å². The minimum atomic E-state index is 0.991. The molecule has 0 N–H and O–H groups in total. The number of rotatable bonds is 15. The summed E-state index contributed by atoms with van der Waals surface area (Å²) in [5, 5.41) is 9.19. The van der Waals surface area contributed by atoms with E-state index >= 15 is 0 Å². The molecule has 3 nitrogen and oxygen atoms in total. The van der Waals surface area contributed by atoms with Crippen molar-refractivity contribution >= 4 is 0 Å². The van der Waals surface area contributed by atoms with Gasteiger partial charge in [-0.15, -0.1) is 5.10 Å². The largest absolute Gasteiger partial charge is 0.249 e. The summed E-state index contributed by atoms with van der Waals surface area (Å²) in [4.78, 5) is 0. The highest BCUT2D eigenvalue weighted by atomic mass is 15.4. The van der Waals surface area contributed by atoms with Crippen LogP contribution in [-0.2, 0) is 19.4 Å². The van der Waals surface area contributed by atoms with Gasteiger partial charge in [-0.3, -0.25) is 0 Å². The number of fused-ring (bicyclic) bond motifs is 2. The number of nitrogens with zero attached hydrogens (tertiary/aromatic N) is 3. The van der Waals surface area contributed by atoms with Crippen LogP contribution in [0.5, 0.6) is 0 Å². The molecule has 3 rings (SSSR count). The first kappa shape index (κ1) is 23.8. The van der Waals surface area contributed by atoms with Crippen molar-refractivity contribution in [3.05, 3.63) is 11.4 Å². The third-order valence-electron chi connectivity index (χ3n) is 8.12. The van der Waals surface area contributed by atoms with Gasteiger partial charge in [0.2, 0.25) is 0 Å². The van der Waals surface area contributed by atoms with Crippen molar-refractivity contribution in [2.45, 2.75) is 136 Å². The molecule has 0 spiro atoms. The van der Waals surface area contributed by atoms with Gasteiger partial charge in [-0.25, -0.2) is 4.68 Å². The minimum absolute atomic E-state index is 0.991.